The van der Waals surface area contributed by atoms with Crippen molar-refractivity contribution in [2.24, 2.45) is 0 Å². The van der Waals surface area contributed by atoms with Crippen molar-refractivity contribution in [1.82, 2.24) is 14.7 Å². The number of hydrogen-bond acceptors (Lipinski definition) is 5. The largest absolute Gasteiger partial charge is 0.480 e. The minimum Gasteiger partial charge on any atom is -0.480 e. The van der Waals surface area contributed by atoms with Gasteiger partial charge in [-0.05, 0) is 28.8 Å². The first-order valence-corrected chi connectivity index (χ1v) is 7.82. The Labute approximate surface area is 119 Å². The average Bonchev–Trinajstić information content (AvgIpc) is 3.07. The van der Waals surface area contributed by atoms with Gasteiger partial charge >= 0.3 is 0 Å². The number of thiophene rings is 1. The maximum absolute atomic E-state index is 5.34. The predicted molar refractivity (Wildman–Crippen MR) is 79.2 cm³/mol. The predicted octanol–water partition coefficient (Wildman–Crippen LogP) is 3.06. The van der Waals surface area contributed by atoms with Gasteiger partial charge in [-0.1, -0.05) is 0 Å². The fourth-order valence-electron chi connectivity index (χ4n) is 2.02. The van der Waals surface area contributed by atoms with Crippen molar-refractivity contribution in [3.8, 4) is 5.88 Å². The van der Waals surface area contributed by atoms with Crippen LogP contribution in [0.5, 0.6) is 5.88 Å². The highest BCUT2D eigenvalue weighted by Gasteiger charge is 2.13. The molecule has 3 aromatic heterocycles. The Bertz CT molecular complexity index is 683. The molecule has 3 rings (SSSR count). The fraction of sp³-hybridized carbons (Fsp3) is 0.308. The molecule has 0 spiro atoms. The van der Waals surface area contributed by atoms with Crippen molar-refractivity contribution in [2.75, 3.05) is 7.11 Å². The van der Waals surface area contributed by atoms with E-state index in [9.17, 15) is 0 Å². The molecule has 3 heterocycles. The van der Waals surface area contributed by atoms with Gasteiger partial charge in [-0.25, -0.2) is 0 Å². The van der Waals surface area contributed by atoms with E-state index in [2.05, 4.69) is 32.4 Å². The highest BCUT2D eigenvalue weighted by atomic mass is 32.1. The van der Waals surface area contributed by atoms with Crippen LogP contribution in [0.1, 0.15) is 16.8 Å². The highest BCUT2D eigenvalue weighted by Crippen LogP contribution is 2.23. The van der Waals surface area contributed by atoms with Crippen LogP contribution < -0.4 is 10.1 Å². The van der Waals surface area contributed by atoms with E-state index in [4.69, 9.17) is 4.74 Å². The third-order valence-electron chi connectivity index (χ3n) is 3.09. The summed E-state index contributed by atoms with van der Waals surface area (Å²) in [7, 11) is 1.67. The summed E-state index contributed by atoms with van der Waals surface area (Å²) in [6, 6.07) is 0. The number of aromatic nitrogens is 2. The van der Waals surface area contributed by atoms with Crippen LogP contribution in [0.2, 0.25) is 0 Å². The number of nitrogens with one attached hydrogen (secondary N) is 1. The molecular formula is C13H15N3OS2. The van der Waals surface area contributed by atoms with E-state index in [0.717, 1.165) is 23.7 Å². The fourth-order valence-corrected chi connectivity index (χ4v) is 3.60. The van der Waals surface area contributed by atoms with Crippen LogP contribution in [-0.4, -0.2) is 16.5 Å². The lowest BCUT2D eigenvalue weighted by Gasteiger charge is -2.05. The quantitative estimate of drug-likeness (QED) is 0.786. The van der Waals surface area contributed by atoms with E-state index in [1.54, 1.807) is 29.8 Å². The zero-order valence-corrected chi connectivity index (χ0v) is 12.5. The SMILES string of the molecule is COc1nc2sccn2c1CNCc1cscc1C. The van der Waals surface area contributed by atoms with Crippen LogP contribution in [0.25, 0.3) is 4.96 Å². The van der Waals surface area contributed by atoms with Gasteiger partial charge in [-0.15, -0.1) is 11.3 Å². The van der Waals surface area contributed by atoms with E-state index in [1.807, 2.05) is 11.6 Å². The summed E-state index contributed by atoms with van der Waals surface area (Å²) < 4.78 is 7.42. The molecule has 0 atom stereocenters. The van der Waals surface area contributed by atoms with Crippen molar-refractivity contribution >= 4 is 27.6 Å². The van der Waals surface area contributed by atoms with Gasteiger partial charge < -0.3 is 10.1 Å². The lowest BCUT2D eigenvalue weighted by molar-refractivity contribution is 0.393. The molecule has 6 heteroatoms. The van der Waals surface area contributed by atoms with Crippen LogP contribution in [0, 0.1) is 6.92 Å². The molecule has 0 aliphatic heterocycles. The standard InChI is InChI=1S/C13H15N3OS2/c1-9-7-18-8-10(9)5-14-6-11-12(17-2)15-13-16(11)3-4-19-13/h3-4,7-8,14H,5-6H2,1-2H3. The van der Waals surface area contributed by atoms with Crippen LogP contribution in [-0.2, 0) is 13.1 Å². The summed E-state index contributed by atoms with van der Waals surface area (Å²) in [5, 5.41) is 9.86. The van der Waals surface area contributed by atoms with Crippen molar-refractivity contribution in [1.29, 1.82) is 0 Å². The monoisotopic (exact) mass is 293 g/mol. The number of rotatable bonds is 5. The molecule has 0 aliphatic rings. The summed E-state index contributed by atoms with van der Waals surface area (Å²) in [6.45, 7) is 3.76. The summed E-state index contributed by atoms with van der Waals surface area (Å²) in [5.41, 5.74) is 3.78. The first kappa shape index (κ1) is 12.7. The number of imidazole rings is 1. The van der Waals surface area contributed by atoms with E-state index < -0.39 is 0 Å². The van der Waals surface area contributed by atoms with Crippen LogP contribution in [0.4, 0.5) is 0 Å². The van der Waals surface area contributed by atoms with Gasteiger partial charge in [-0.2, -0.15) is 16.3 Å². The molecule has 19 heavy (non-hydrogen) atoms. The lowest BCUT2D eigenvalue weighted by Crippen LogP contribution is -2.14. The normalized spacial score (nSPS) is 11.3. The zero-order chi connectivity index (χ0) is 13.2. The van der Waals surface area contributed by atoms with Crippen LogP contribution in [0.3, 0.4) is 0 Å². The van der Waals surface area contributed by atoms with Gasteiger partial charge in [-0.3, -0.25) is 4.40 Å². The Morgan fingerprint density at radius 1 is 1.37 bits per heavy atom. The summed E-state index contributed by atoms with van der Waals surface area (Å²) in [5.74, 6) is 0.710. The van der Waals surface area contributed by atoms with Gasteiger partial charge in [0.2, 0.25) is 5.88 Å². The Hall–Kier alpha value is -1.37. The molecule has 0 bridgehead atoms. The molecule has 4 nitrogen and oxygen atoms in total. The maximum atomic E-state index is 5.34. The smallest absolute Gasteiger partial charge is 0.237 e. The topological polar surface area (TPSA) is 38.6 Å². The second kappa shape index (κ2) is 5.32. The molecule has 1 N–H and O–H groups in total. The highest BCUT2D eigenvalue weighted by molar-refractivity contribution is 7.15. The van der Waals surface area contributed by atoms with Gasteiger partial charge in [0.15, 0.2) is 4.96 Å². The summed E-state index contributed by atoms with van der Waals surface area (Å²) in [6.07, 6.45) is 2.03. The number of hydrogen-bond donors (Lipinski definition) is 1. The zero-order valence-electron chi connectivity index (χ0n) is 10.8. The summed E-state index contributed by atoms with van der Waals surface area (Å²) >= 11 is 3.36. The number of thiazole rings is 1. The number of ether oxygens (including phenoxy) is 1. The minimum atomic E-state index is 0.710. The molecule has 0 amide bonds. The van der Waals surface area contributed by atoms with E-state index >= 15 is 0 Å². The Morgan fingerprint density at radius 2 is 2.26 bits per heavy atom. The van der Waals surface area contributed by atoms with Crippen molar-refractivity contribution in [2.45, 2.75) is 20.0 Å². The van der Waals surface area contributed by atoms with Crippen LogP contribution >= 0.6 is 22.7 Å². The number of nitrogens with zero attached hydrogens (tertiary/aromatic N) is 2. The lowest BCUT2D eigenvalue weighted by atomic mass is 10.2. The molecule has 0 radical (unpaired) electrons. The van der Waals surface area contributed by atoms with Gasteiger partial charge in [0.05, 0.1) is 7.11 Å². The van der Waals surface area contributed by atoms with E-state index in [1.165, 1.54) is 11.1 Å². The second-order valence-electron chi connectivity index (χ2n) is 4.31. The Balaban J connectivity index is 1.74. The summed E-state index contributed by atoms with van der Waals surface area (Å²) in [4.78, 5) is 5.42. The van der Waals surface area contributed by atoms with E-state index in [-0.39, 0.29) is 0 Å². The molecular weight excluding hydrogens is 278 g/mol. The van der Waals surface area contributed by atoms with Gasteiger partial charge in [0, 0.05) is 24.7 Å². The average molecular weight is 293 g/mol. The van der Waals surface area contributed by atoms with E-state index in [0.29, 0.717) is 5.88 Å². The first-order valence-electron chi connectivity index (χ1n) is 6.00. The molecule has 0 saturated carbocycles. The molecule has 0 unspecified atom stereocenters. The van der Waals surface area contributed by atoms with Gasteiger partial charge in [0.1, 0.15) is 5.69 Å². The van der Waals surface area contributed by atoms with Crippen molar-refractivity contribution < 1.29 is 4.74 Å². The molecule has 0 fully saturated rings. The third-order valence-corrected chi connectivity index (χ3v) is 4.75. The van der Waals surface area contributed by atoms with Gasteiger partial charge in [0.25, 0.3) is 0 Å². The Morgan fingerprint density at radius 3 is 3.00 bits per heavy atom. The third kappa shape index (κ3) is 2.39. The molecule has 0 aromatic carbocycles. The second-order valence-corrected chi connectivity index (χ2v) is 5.92. The molecule has 0 saturated heterocycles. The van der Waals surface area contributed by atoms with Crippen LogP contribution in [0.15, 0.2) is 22.3 Å². The van der Waals surface area contributed by atoms with Crippen molar-refractivity contribution in [3.63, 3.8) is 0 Å². The molecule has 3 aromatic rings. The molecule has 100 valence electrons. The van der Waals surface area contributed by atoms with Crippen molar-refractivity contribution in [3.05, 3.63) is 39.2 Å². The number of fused-ring (bicyclic) bond motifs is 1. The minimum absolute atomic E-state index is 0.710. The molecule has 0 aliphatic carbocycles. The Kier molecular flexibility index (Phi) is 3.54. The number of methoxy groups -OCH3 is 1. The maximum Gasteiger partial charge on any atom is 0.237 e. The first-order chi connectivity index (χ1) is 9.29. The number of aryl methyl sites for hydroxylation is 1.